The summed E-state index contributed by atoms with van der Waals surface area (Å²) in [5.74, 6) is -0.418. The maximum absolute atomic E-state index is 12.3. The van der Waals surface area contributed by atoms with Gasteiger partial charge in [-0.3, -0.25) is 4.79 Å². The van der Waals surface area contributed by atoms with Gasteiger partial charge in [-0.2, -0.15) is 0 Å². The number of aromatic hydroxyl groups is 1. The average molecular weight is 398 g/mol. The summed E-state index contributed by atoms with van der Waals surface area (Å²) in [6, 6.07) is 11.6. The van der Waals surface area contributed by atoms with Crippen LogP contribution in [-0.4, -0.2) is 35.9 Å². The number of aliphatic imine (C=N–C) groups is 1. The molecule has 1 amide bonds. The van der Waals surface area contributed by atoms with Crippen molar-refractivity contribution in [1.82, 2.24) is 5.32 Å². The fourth-order valence-electron chi connectivity index (χ4n) is 2.49. The minimum Gasteiger partial charge on any atom is -0.504 e. The van der Waals surface area contributed by atoms with Crippen molar-refractivity contribution >= 4 is 40.6 Å². The zero-order chi connectivity index (χ0) is 20.1. The minimum absolute atomic E-state index is 0.0363. The monoisotopic (exact) mass is 398 g/mol. The molecule has 0 bridgehead atoms. The summed E-state index contributed by atoms with van der Waals surface area (Å²) in [6.45, 7) is 2.24. The number of carbonyl (C=O) groups excluding carboxylic acids is 2. The molecule has 1 saturated heterocycles. The summed E-state index contributed by atoms with van der Waals surface area (Å²) in [4.78, 5) is 28.9. The molecular formula is C20H18N2O5S. The second-order valence-corrected chi connectivity index (χ2v) is 6.68. The number of nitrogens with one attached hydrogen (secondary N) is 1. The number of hydrogen-bond acceptors (Lipinski definition) is 7. The molecule has 1 heterocycles. The summed E-state index contributed by atoms with van der Waals surface area (Å²) in [5.41, 5.74) is 1.42. The van der Waals surface area contributed by atoms with Crippen molar-refractivity contribution in [3.8, 4) is 11.5 Å². The summed E-state index contributed by atoms with van der Waals surface area (Å²) in [5, 5.41) is 12.8. The van der Waals surface area contributed by atoms with Gasteiger partial charge in [0.1, 0.15) is 0 Å². The van der Waals surface area contributed by atoms with E-state index >= 15 is 0 Å². The Morgan fingerprint density at radius 3 is 2.82 bits per heavy atom. The zero-order valence-corrected chi connectivity index (χ0v) is 16.1. The Kier molecular flexibility index (Phi) is 6.00. The Bertz CT molecular complexity index is 984. The van der Waals surface area contributed by atoms with Crippen molar-refractivity contribution in [2.45, 2.75) is 6.92 Å². The Morgan fingerprint density at radius 1 is 1.29 bits per heavy atom. The standard InChI is InChI=1S/C20H18N2O5S/c1-3-27-16-10-12(8-9-15(16)23)11-17-18(24)22-20(28-17)21-14-7-5-4-6-13(14)19(25)26-2/h4-11,23H,3H2,1-2H3,(H,21,22,24)/b17-11-. The number of hydrogen-bond donors (Lipinski definition) is 2. The van der Waals surface area contributed by atoms with Crippen LogP contribution in [0, 0.1) is 0 Å². The number of para-hydroxylation sites is 1. The normalized spacial score (nSPS) is 16.3. The van der Waals surface area contributed by atoms with E-state index in [1.54, 1.807) is 42.5 Å². The molecule has 0 spiro atoms. The van der Waals surface area contributed by atoms with Gasteiger partial charge in [0, 0.05) is 0 Å². The van der Waals surface area contributed by atoms with E-state index in [2.05, 4.69) is 10.3 Å². The van der Waals surface area contributed by atoms with Crippen LogP contribution in [0.2, 0.25) is 0 Å². The van der Waals surface area contributed by atoms with Crippen molar-refractivity contribution in [2.75, 3.05) is 13.7 Å². The van der Waals surface area contributed by atoms with Crippen LogP contribution in [0.5, 0.6) is 11.5 Å². The van der Waals surface area contributed by atoms with Gasteiger partial charge in [0.25, 0.3) is 5.91 Å². The van der Waals surface area contributed by atoms with Crippen LogP contribution in [0.15, 0.2) is 52.4 Å². The lowest BCUT2D eigenvalue weighted by Gasteiger charge is -2.06. The van der Waals surface area contributed by atoms with E-state index in [1.807, 2.05) is 6.92 Å². The molecule has 2 aromatic carbocycles. The highest BCUT2D eigenvalue weighted by Gasteiger charge is 2.24. The van der Waals surface area contributed by atoms with Crippen LogP contribution in [0.4, 0.5) is 5.69 Å². The third-order valence-corrected chi connectivity index (χ3v) is 4.67. The summed E-state index contributed by atoms with van der Waals surface area (Å²) in [6.07, 6.45) is 1.68. The van der Waals surface area contributed by atoms with E-state index in [0.717, 1.165) is 11.8 Å². The first-order valence-electron chi connectivity index (χ1n) is 8.44. The molecule has 1 fully saturated rings. The highest BCUT2D eigenvalue weighted by molar-refractivity contribution is 8.18. The number of benzene rings is 2. The number of amides is 1. The topological polar surface area (TPSA) is 97.2 Å². The maximum Gasteiger partial charge on any atom is 0.340 e. The van der Waals surface area contributed by atoms with Gasteiger partial charge in [0.05, 0.1) is 29.9 Å². The van der Waals surface area contributed by atoms with Crippen LogP contribution >= 0.6 is 11.8 Å². The fourth-order valence-corrected chi connectivity index (χ4v) is 3.32. The van der Waals surface area contributed by atoms with Crippen molar-refractivity contribution in [1.29, 1.82) is 0 Å². The lowest BCUT2D eigenvalue weighted by Crippen LogP contribution is -2.19. The smallest absolute Gasteiger partial charge is 0.340 e. The zero-order valence-electron chi connectivity index (χ0n) is 15.3. The number of phenols is 1. The van der Waals surface area contributed by atoms with E-state index in [0.29, 0.717) is 39.2 Å². The van der Waals surface area contributed by atoms with Gasteiger partial charge in [0.2, 0.25) is 0 Å². The molecule has 1 aliphatic heterocycles. The van der Waals surface area contributed by atoms with Crippen LogP contribution in [0.25, 0.3) is 6.08 Å². The molecule has 0 unspecified atom stereocenters. The van der Waals surface area contributed by atoms with Crippen molar-refractivity contribution in [3.05, 3.63) is 58.5 Å². The van der Waals surface area contributed by atoms with Gasteiger partial charge < -0.3 is 19.9 Å². The lowest BCUT2D eigenvalue weighted by molar-refractivity contribution is -0.115. The van der Waals surface area contributed by atoms with Crippen molar-refractivity contribution < 1.29 is 24.2 Å². The minimum atomic E-state index is -0.502. The van der Waals surface area contributed by atoms with Crippen LogP contribution < -0.4 is 10.1 Å². The summed E-state index contributed by atoms with van der Waals surface area (Å²) in [7, 11) is 1.30. The molecule has 0 radical (unpaired) electrons. The van der Waals surface area contributed by atoms with Gasteiger partial charge in [-0.15, -0.1) is 0 Å². The third kappa shape index (κ3) is 4.34. The number of rotatable bonds is 5. The van der Waals surface area contributed by atoms with E-state index in [9.17, 15) is 14.7 Å². The molecular weight excluding hydrogens is 380 g/mol. The third-order valence-electron chi connectivity index (χ3n) is 3.76. The van der Waals surface area contributed by atoms with Gasteiger partial charge in [-0.05, 0) is 54.6 Å². The van der Waals surface area contributed by atoms with E-state index in [-0.39, 0.29) is 11.7 Å². The maximum atomic E-state index is 12.3. The predicted octanol–water partition coefficient (Wildman–Crippen LogP) is 3.47. The molecule has 0 aliphatic carbocycles. The quantitative estimate of drug-likeness (QED) is 0.591. The summed E-state index contributed by atoms with van der Waals surface area (Å²) < 4.78 is 10.1. The molecule has 0 aromatic heterocycles. The van der Waals surface area contributed by atoms with Gasteiger partial charge in [0.15, 0.2) is 16.7 Å². The average Bonchev–Trinajstić information content (AvgIpc) is 3.03. The number of phenolic OH excluding ortho intramolecular Hbond substituents is 1. The number of esters is 1. The first-order chi connectivity index (χ1) is 13.5. The molecule has 144 valence electrons. The number of amidine groups is 1. The van der Waals surface area contributed by atoms with Gasteiger partial charge in [-0.1, -0.05) is 18.2 Å². The Balaban J connectivity index is 1.87. The fraction of sp³-hybridized carbons (Fsp3) is 0.150. The van der Waals surface area contributed by atoms with Crippen LogP contribution in [0.3, 0.4) is 0 Å². The number of nitrogens with zero attached hydrogens (tertiary/aromatic N) is 1. The largest absolute Gasteiger partial charge is 0.504 e. The molecule has 28 heavy (non-hydrogen) atoms. The second-order valence-electron chi connectivity index (χ2n) is 5.65. The van der Waals surface area contributed by atoms with E-state index in [1.165, 1.54) is 13.2 Å². The number of ether oxygens (including phenoxy) is 2. The SMILES string of the molecule is CCOc1cc(/C=C2\SC(=Nc3ccccc3C(=O)OC)NC2=O)ccc1O. The first-order valence-corrected chi connectivity index (χ1v) is 9.26. The van der Waals surface area contributed by atoms with Crippen LogP contribution in [-0.2, 0) is 9.53 Å². The van der Waals surface area contributed by atoms with Crippen LogP contribution in [0.1, 0.15) is 22.8 Å². The van der Waals surface area contributed by atoms with Crippen molar-refractivity contribution in [2.24, 2.45) is 4.99 Å². The van der Waals surface area contributed by atoms with Crippen molar-refractivity contribution in [3.63, 3.8) is 0 Å². The molecule has 7 nitrogen and oxygen atoms in total. The highest BCUT2D eigenvalue weighted by atomic mass is 32.2. The second kappa shape index (κ2) is 8.62. The number of methoxy groups -OCH3 is 1. The Labute approximate surface area is 166 Å². The van der Waals surface area contributed by atoms with E-state index in [4.69, 9.17) is 9.47 Å². The van der Waals surface area contributed by atoms with E-state index < -0.39 is 5.97 Å². The molecule has 2 aromatic rings. The van der Waals surface area contributed by atoms with Gasteiger partial charge in [-0.25, -0.2) is 9.79 Å². The molecule has 0 atom stereocenters. The Morgan fingerprint density at radius 2 is 2.07 bits per heavy atom. The predicted molar refractivity (Wildman–Crippen MR) is 108 cm³/mol. The number of carbonyl (C=O) groups is 2. The Hall–Kier alpha value is -3.26. The molecule has 8 heteroatoms. The first kappa shape index (κ1) is 19.5. The molecule has 0 saturated carbocycles. The number of thioether (sulfide) groups is 1. The highest BCUT2D eigenvalue weighted by Crippen LogP contribution is 2.32. The molecule has 3 rings (SSSR count). The molecule has 1 aliphatic rings. The van der Waals surface area contributed by atoms with Gasteiger partial charge >= 0.3 is 5.97 Å². The molecule has 2 N–H and O–H groups in total. The summed E-state index contributed by atoms with van der Waals surface area (Å²) >= 11 is 1.15. The lowest BCUT2D eigenvalue weighted by atomic mass is 10.2.